The molecule has 0 saturated heterocycles. The predicted molar refractivity (Wildman–Crippen MR) is 54.6 cm³/mol. The van der Waals surface area contributed by atoms with Gasteiger partial charge in [-0.3, -0.25) is 4.79 Å². The van der Waals surface area contributed by atoms with Crippen molar-refractivity contribution < 1.29 is 13.2 Å². The topological polar surface area (TPSA) is 54.5 Å². The van der Waals surface area contributed by atoms with Crippen molar-refractivity contribution in [1.82, 2.24) is 4.31 Å². The molecule has 1 heterocycles. The average molecular weight is 238 g/mol. The fourth-order valence-electron chi connectivity index (χ4n) is 1.36. The van der Waals surface area contributed by atoms with Crippen LogP contribution >= 0.6 is 11.6 Å². The predicted octanol–water partition coefficient (Wildman–Crippen LogP) is 0.732. The van der Waals surface area contributed by atoms with Crippen molar-refractivity contribution in [3.8, 4) is 0 Å². The summed E-state index contributed by atoms with van der Waals surface area (Å²) in [6, 6.07) is 0. The Kier molecular flexibility index (Phi) is 2.92. The molecule has 1 amide bonds. The molecule has 0 saturated carbocycles. The van der Waals surface area contributed by atoms with Gasteiger partial charge < -0.3 is 0 Å². The molecule has 1 atom stereocenters. The monoisotopic (exact) mass is 237 g/mol. The van der Waals surface area contributed by atoms with Crippen molar-refractivity contribution in [3.63, 3.8) is 0 Å². The molecule has 0 N–H and O–H groups in total. The Morgan fingerprint density at radius 1 is 1.50 bits per heavy atom. The first-order valence-corrected chi connectivity index (χ1v) is 6.39. The minimum Gasteiger partial charge on any atom is -0.268 e. The van der Waals surface area contributed by atoms with Gasteiger partial charge in [-0.25, -0.2) is 12.7 Å². The van der Waals surface area contributed by atoms with E-state index in [1.807, 2.05) is 0 Å². The summed E-state index contributed by atoms with van der Waals surface area (Å²) in [5.74, 6) is -0.463. The third-order valence-electron chi connectivity index (χ3n) is 2.22. The lowest BCUT2D eigenvalue weighted by molar-refractivity contribution is -0.121. The van der Waals surface area contributed by atoms with Crippen LogP contribution in [0.5, 0.6) is 0 Å². The number of alkyl halides is 1. The van der Waals surface area contributed by atoms with Gasteiger partial charge in [0, 0.05) is 5.57 Å². The SMILES string of the molecule is CC1=C(C(C)Cl)CN(S(C)(=O)=O)C1=O. The van der Waals surface area contributed by atoms with Gasteiger partial charge in [-0.15, -0.1) is 11.6 Å². The van der Waals surface area contributed by atoms with E-state index in [1.54, 1.807) is 13.8 Å². The van der Waals surface area contributed by atoms with E-state index in [0.717, 1.165) is 10.6 Å². The van der Waals surface area contributed by atoms with Gasteiger partial charge in [0.2, 0.25) is 10.0 Å². The van der Waals surface area contributed by atoms with E-state index < -0.39 is 15.9 Å². The quantitative estimate of drug-likeness (QED) is 0.666. The lowest BCUT2D eigenvalue weighted by atomic mass is 10.1. The normalized spacial score (nSPS) is 20.6. The standard InChI is InChI=1S/C8H12ClNO3S/c1-5-7(6(2)9)4-10(8(5)11)14(3,12)13/h6H,4H2,1-3H3. The van der Waals surface area contributed by atoms with Gasteiger partial charge in [0.1, 0.15) is 0 Å². The van der Waals surface area contributed by atoms with Crippen LogP contribution in [0, 0.1) is 0 Å². The summed E-state index contributed by atoms with van der Waals surface area (Å²) in [5, 5.41) is -0.314. The first-order valence-electron chi connectivity index (χ1n) is 4.11. The molecule has 0 aromatic carbocycles. The van der Waals surface area contributed by atoms with E-state index in [-0.39, 0.29) is 11.9 Å². The molecule has 80 valence electrons. The number of nitrogens with zero attached hydrogens (tertiary/aromatic N) is 1. The maximum atomic E-state index is 11.5. The van der Waals surface area contributed by atoms with Crippen LogP contribution in [0.3, 0.4) is 0 Å². The van der Waals surface area contributed by atoms with Crippen molar-refractivity contribution in [2.24, 2.45) is 0 Å². The Bertz CT molecular complexity index is 397. The van der Waals surface area contributed by atoms with Crippen molar-refractivity contribution in [3.05, 3.63) is 11.1 Å². The summed E-state index contributed by atoms with van der Waals surface area (Å²) in [4.78, 5) is 11.5. The third-order valence-corrected chi connectivity index (χ3v) is 3.58. The number of hydrogen-bond acceptors (Lipinski definition) is 3. The molecule has 0 fully saturated rings. The highest BCUT2D eigenvalue weighted by Gasteiger charge is 2.34. The molecule has 0 aromatic heterocycles. The van der Waals surface area contributed by atoms with Crippen LogP contribution in [0.4, 0.5) is 0 Å². The van der Waals surface area contributed by atoms with Crippen LogP contribution in [0.25, 0.3) is 0 Å². The molecule has 6 heteroatoms. The Hall–Kier alpha value is -0.550. The fraction of sp³-hybridized carbons (Fsp3) is 0.625. The summed E-state index contributed by atoms with van der Waals surface area (Å²) in [5.41, 5.74) is 1.13. The lowest BCUT2D eigenvalue weighted by Crippen LogP contribution is -2.33. The van der Waals surface area contributed by atoms with Crippen LogP contribution in [0.2, 0.25) is 0 Å². The largest absolute Gasteiger partial charge is 0.268 e. The summed E-state index contributed by atoms with van der Waals surface area (Å²) in [7, 11) is -3.47. The number of hydrogen-bond donors (Lipinski definition) is 0. The zero-order chi connectivity index (χ0) is 11.1. The second-order valence-electron chi connectivity index (χ2n) is 3.34. The molecule has 0 spiro atoms. The van der Waals surface area contributed by atoms with Gasteiger partial charge in [-0.2, -0.15) is 0 Å². The molecule has 14 heavy (non-hydrogen) atoms. The molecule has 0 aromatic rings. The maximum absolute atomic E-state index is 11.5. The number of carbonyl (C=O) groups is 1. The smallest absolute Gasteiger partial charge is 0.263 e. The zero-order valence-corrected chi connectivity index (χ0v) is 9.82. The van der Waals surface area contributed by atoms with Crippen molar-refractivity contribution in [1.29, 1.82) is 0 Å². The highest BCUT2D eigenvalue weighted by molar-refractivity contribution is 7.88. The number of rotatable bonds is 2. The molecule has 0 aliphatic carbocycles. The Morgan fingerprint density at radius 3 is 2.21 bits per heavy atom. The van der Waals surface area contributed by atoms with Crippen LogP contribution in [-0.4, -0.2) is 36.8 Å². The number of sulfonamides is 1. The van der Waals surface area contributed by atoms with Gasteiger partial charge >= 0.3 is 0 Å². The maximum Gasteiger partial charge on any atom is 0.263 e. The van der Waals surface area contributed by atoms with Gasteiger partial charge in [-0.05, 0) is 19.4 Å². The Morgan fingerprint density at radius 2 is 2.00 bits per heavy atom. The van der Waals surface area contributed by atoms with Crippen LogP contribution in [0.15, 0.2) is 11.1 Å². The highest BCUT2D eigenvalue weighted by atomic mass is 35.5. The first-order chi connectivity index (χ1) is 6.25. The fourth-order valence-corrected chi connectivity index (χ4v) is 2.41. The summed E-state index contributed by atoms with van der Waals surface area (Å²) >= 11 is 5.83. The Balaban J connectivity index is 3.06. The molecule has 1 unspecified atom stereocenters. The van der Waals surface area contributed by atoms with E-state index in [4.69, 9.17) is 11.6 Å². The molecule has 1 aliphatic rings. The molecular weight excluding hydrogens is 226 g/mol. The molecular formula is C8H12ClNO3S. The van der Waals surface area contributed by atoms with Gasteiger partial charge in [-0.1, -0.05) is 0 Å². The summed E-state index contributed by atoms with van der Waals surface area (Å²) < 4.78 is 23.2. The van der Waals surface area contributed by atoms with E-state index in [2.05, 4.69) is 0 Å². The number of carbonyl (C=O) groups excluding carboxylic acids is 1. The van der Waals surface area contributed by atoms with Crippen molar-refractivity contribution in [2.45, 2.75) is 19.2 Å². The highest BCUT2D eigenvalue weighted by Crippen LogP contribution is 2.25. The molecule has 0 bridgehead atoms. The van der Waals surface area contributed by atoms with E-state index in [9.17, 15) is 13.2 Å². The molecule has 0 radical (unpaired) electrons. The third kappa shape index (κ3) is 1.93. The van der Waals surface area contributed by atoms with Gasteiger partial charge in [0.05, 0.1) is 18.2 Å². The van der Waals surface area contributed by atoms with Crippen molar-refractivity contribution in [2.75, 3.05) is 12.8 Å². The van der Waals surface area contributed by atoms with E-state index >= 15 is 0 Å². The van der Waals surface area contributed by atoms with E-state index in [0.29, 0.717) is 11.1 Å². The van der Waals surface area contributed by atoms with Gasteiger partial charge in [0.25, 0.3) is 5.91 Å². The second-order valence-corrected chi connectivity index (χ2v) is 5.90. The molecule has 4 nitrogen and oxygen atoms in total. The zero-order valence-electron chi connectivity index (χ0n) is 8.24. The Labute approximate surface area is 88.6 Å². The van der Waals surface area contributed by atoms with E-state index in [1.165, 1.54) is 0 Å². The lowest BCUT2D eigenvalue weighted by Gasteiger charge is -2.13. The first kappa shape index (κ1) is 11.5. The second kappa shape index (κ2) is 3.55. The van der Waals surface area contributed by atoms with Gasteiger partial charge in [0.15, 0.2) is 0 Å². The average Bonchev–Trinajstić information content (AvgIpc) is 2.28. The summed E-state index contributed by atoms with van der Waals surface area (Å²) in [6.07, 6.45) is 1.01. The molecule has 1 aliphatic heterocycles. The van der Waals surface area contributed by atoms with Crippen molar-refractivity contribution >= 4 is 27.5 Å². The number of halogens is 1. The minimum atomic E-state index is -3.47. The van der Waals surface area contributed by atoms with Crippen LogP contribution in [0.1, 0.15) is 13.8 Å². The summed E-state index contributed by atoms with van der Waals surface area (Å²) in [6.45, 7) is 3.41. The van der Waals surface area contributed by atoms with Crippen LogP contribution in [-0.2, 0) is 14.8 Å². The molecule has 1 rings (SSSR count). The number of amides is 1. The van der Waals surface area contributed by atoms with Crippen LogP contribution < -0.4 is 0 Å². The minimum absolute atomic E-state index is 0.0914.